The lowest BCUT2D eigenvalue weighted by Gasteiger charge is -2.23. The first kappa shape index (κ1) is 15.0. The third kappa shape index (κ3) is 3.46. The standard InChI is InChI=1S/C13H22N2O2S/c1-4-18(16,17)15(10-9-14)13-7-5-12(6-8-13)11(2)3/h5-8,11H,4,9-10,14H2,1-3H3. The average molecular weight is 270 g/mol. The molecule has 0 atom stereocenters. The summed E-state index contributed by atoms with van der Waals surface area (Å²) < 4.78 is 25.3. The highest BCUT2D eigenvalue weighted by molar-refractivity contribution is 7.92. The molecule has 5 heteroatoms. The lowest BCUT2D eigenvalue weighted by Crippen LogP contribution is -2.36. The number of rotatable bonds is 6. The van der Waals surface area contributed by atoms with Crippen LogP contribution >= 0.6 is 0 Å². The molecule has 102 valence electrons. The Kier molecular flexibility index (Phi) is 5.16. The van der Waals surface area contributed by atoms with Crippen molar-refractivity contribution in [3.05, 3.63) is 29.8 Å². The Morgan fingerprint density at radius 3 is 2.17 bits per heavy atom. The molecule has 4 nitrogen and oxygen atoms in total. The van der Waals surface area contributed by atoms with Crippen LogP contribution in [0.3, 0.4) is 0 Å². The first-order valence-electron chi connectivity index (χ1n) is 6.22. The van der Waals surface area contributed by atoms with Crippen LogP contribution in [0.2, 0.25) is 0 Å². The summed E-state index contributed by atoms with van der Waals surface area (Å²) in [6.45, 7) is 6.48. The van der Waals surface area contributed by atoms with Crippen molar-refractivity contribution in [1.82, 2.24) is 0 Å². The Morgan fingerprint density at radius 1 is 1.22 bits per heavy atom. The number of sulfonamides is 1. The maximum atomic E-state index is 12.0. The molecule has 18 heavy (non-hydrogen) atoms. The second-order valence-corrected chi connectivity index (χ2v) is 6.69. The van der Waals surface area contributed by atoms with Gasteiger partial charge in [0.15, 0.2) is 0 Å². The lowest BCUT2D eigenvalue weighted by atomic mass is 10.0. The van der Waals surface area contributed by atoms with Gasteiger partial charge in [0.1, 0.15) is 0 Å². The minimum atomic E-state index is -3.26. The van der Waals surface area contributed by atoms with Crippen LogP contribution in [-0.4, -0.2) is 27.3 Å². The summed E-state index contributed by atoms with van der Waals surface area (Å²) in [6, 6.07) is 7.62. The van der Waals surface area contributed by atoms with Crippen LogP contribution in [-0.2, 0) is 10.0 Å². The molecule has 0 bridgehead atoms. The van der Waals surface area contributed by atoms with Crippen molar-refractivity contribution in [2.75, 3.05) is 23.1 Å². The lowest BCUT2D eigenvalue weighted by molar-refractivity contribution is 0.592. The van der Waals surface area contributed by atoms with Gasteiger partial charge in [-0.3, -0.25) is 4.31 Å². The van der Waals surface area contributed by atoms with Gasteiger partial charge in [-0.05, 0) is 30.5 Å². The van der Waals surface area contributed by atoms with Crippen LogP contribution < -0.4 is 10.0 Å². The number of anilines is 1. The first-order valence-corrected chi connectivity index (χ1v) is 7.83. The molecule has 0 saturated carbocycles. The highest BCUT2D eigenvalue weighted by atomic mass is 32.2. The van der Waals surface area contributed by atoms with Crippen LogP contribution in [0.1, 0.15) is 32.3 Å². The summed E-state index contributed by atoms with van der Waals surface area (Å²) in [5.41, 5.74) is 7.37. The summed E-state index contributed by atoms with van der Waals surface area (Å²) in [5, 5.41) is 0. The minimum Gasteiger partial charge on any atom is -0.329 e. The number of hydrogen-bond acceptors (Lipinski definition) is 3. The van der Waals surface area contributed by atoms with Gasteiger partial charge >= 0.3 is 0 Å². The van der Waals surface area contributed by atoms with Gasteiger partial charge in [-0.1, -0.05) is 26.0 Å². The summed E-state index contributed by atoms with van der Waals surface area (Å²) in [6.07, 6.45) is 0. The summed E-state index contributed by atoms with van der Waals surface area (Å²) in [7, 11) is -3.26. The second kappa shape index (κ2) is 6.20. The zero-order valence-electron chi connectivity index (χ0n) is 11.3. The van der Waals surface area contributed by atoms with Gasteiger partial charge in [-0.15, -0.1) is 0 Å². The molecule has 1 aromatic rings. The van der Waals surface area contributed by atoms with E-state index >= 15 is 0 Å². The summed E-state index contributed by atoms with van der Waals surface area (Å²) in [4.78, 5) is 0. The maximum absolute atomic E-state index is 12.0. The molecule has 0 aromatic heterocycles. The average Bonchev–Trinajstić information content (AvgIpc) is 2.36. The molecule has 0 spiro atoms. The number of nitrogens with two attached hydrogens (primary N) is 1. The van der Waals surface area contributed by atoms with Crippen molar-refractivity contribution in [2.45, 2.75) is 26.7 Å². The van der Waals surface area contributed by atoms with Crippen molar-refractivity contribution in [3.63, 3.8) is 0 Å². The number of hydrogen-bond donors (Lipinski definition) is 1. The number of nitrogens with zero attached hydrogens (tertiary/aromatic N) is 1. The smallest absolute Gasteiger partial charge is 0.234 e. The van der Waals surface area contributed by atoms with Gasteiger partial charge in [0.05, 0.1) is 11.4 Å². The molecule has 1 aromatic carbocycles. The largest absolute Gasteiger partial charge is 0.329 e. The third-order valence-electron chi connectivity index (χ3n) is 2.88. The molecule has 0 saturated heterocycles. The normalized spacial score (nSPS) is 11.8. The van der Waals surface area contributed by atoms with Crippen LogP contribution in [0.4, 0.5) is 5.69 Å². The molecule has 0 amide bonds. The molecule has 0 radical (unpaired) electrons. The third-order valence-corrected chi connectivity index (χ3v) is 4.68. The molecule has 0 aliphatic rings. The van der Waals surface area contributed by atoms with E-state index in [2.05, 4.69) is 13.8 Å². The van der Waals surface area contributed by atoms with E-state index in [0.29, 0.717) is 24.7 Å². The van der Waals surface area contributed by atoms with Crippen molar-refractivity contribution in [1.29, 1.82) is 0 Å². The zero-order valence-corrected chi connectivity index (χ0v) is 12.1. The van der Waals surface area contributed by atoms with Crippen LogP contribution in [0.5, 0.6) is 0 Å². The predicted molar refractivity (Wildman–Crippen MR) is 76.4 cm³/mol. The Hall–Kier alpha value is -1.07. The highest BCUT2D eigenvalue weighted by Crippen LogP contribution is 2.22. The quantitative estimate of drug-likeness (QED) is 0.859. The fourth-order valence-electron chi connectivity index (χ4n) is 1.73. The van der Waals surface area contributed by atoms with Gasteiger partial charge in [0, 0.05) is 13.1 Å². The van der Waals surface area contributed by atoms with Crippen molar-refractivity contribution >= 4 is 15.7 Å². The maximum Gasteiger partial charge on any atom is 0.234 e. The van der Waals surface area contributed by atoms with E-state index in [4.69, 9.17) is 5.73 Å². The summed E-state index contributed by atoms with van der Waals surface area (Å²) in [5.74, 6) is 0.517. The fourth-order valence-corrected chi connectivity index (χ4v) is 2.87. The molecular weight excluding hydrogens is 248 g/mol. The van der Waals surface area contributed by atoms with E-state index in [1.165, 1.54) is 9.87 Å². The van der Waals surface area contributed by atoms with Crippen molar-refractivity contribution in [2.24, 2.45) is 5.73 Å². The Labute approximate surface area is 110 Å². The van der Waals surface area contributed by atoms with Gasteiger partial charge < -0.3 is 5.73 Å². The summed E-state index contributed by atoms with van der Waals surface area (Å²) >= 11 is 0. The fraction of sp³-hybridized carbons (Fsp3) is 0.538. The van der Waals surface area contributed by atoms with Gasteiger partial charge in [0.25, 0.3) is 0 Å². The van der Waals surface area contributed by atoms with Crippen LogP contribution in [0.25, 0.3) is 0 Å². The van der Waals surface area contributed by atoms with Gasteiger partial charge in [-0.2, -0.15) is 0 Å². The van der Waals surface area contributed by atoms with Gasteiger partial charge in [0.2, 0.25) is 10.0 Å². The van der Waals surface area contributed by atoms with Crippen molar-refractivity contribution in [3.8, 4) is 0 Å². The molecule has 2 N–H and O–H groups in total. The van der Waals surface area contributed by atoms with E-state index in [9.17, 15) is 8.42 Å². The van der Waals surface area contributed by atoms with Crippen molar-refractivity contribution < 1.29 is 8.42 Å². The van der Waals surface area contributed by atoms with E-state index in [-0.39, 0.29) is 5.75 Å². The molecule has 0 fully saturated rings. The minimum absolute atomic E-state index is 0.0823. The Balaban J connectivity index is 3.07. The first-order chi connectivity index (χ1) is 8.42. The molecular formula is C13H22N2O2S. The zero-order chi connectivity index (χ0) is 13.8. The molecule has 0 heterocycles. The van der Waals surface area contributed by atoms with E-state index in [1.807, 2.05) is 24.3 Å². The SMILES string of the molecule is CCS(=O)(=O)N(CCN)c1ccc(C(C)C)cc1. The second-order valence-electron chi connectivity index (χ2n) is 4.51. The van der Waals surface area contributed by atoms with Crippen LogP contribution in [0, 0.1) is 0 Å². The molecule has 1 rings (SSSR count). The van der Waals surface area contributed by atoms with E-state index < -0.39 is 10.0 Å². The molecule has 0 aliphatic carbocycles. The molecule has 0 unspecified atom stereocenters. The van der Waals surface area contributed by atoms with Gasteiger partial charge in [-0.25, -0.2) is 8.42 Å². The highest BCUT2D eigenvalue weighted by Gasteiger charge is 2.19. The Bertz CT molecular complexity index is 466. The Morgan fingerprint density at radius 2 is 1.78 bits per heavy atom. The topological polar surface area (TPSA) is 63.4 Å². The van der Waals surface area contributed by atoms with E-state index in [0.717, 1.165) is 0 Å². The van der Waals surface area contributed by atoms with E-state index in [1.54, 1.807) is 6.92 Å². The monoisotopic (exact) mass is 270 g/mol. The number of benzene rings is 1. The predicted octanol–water partition coefficient (Wildman–Crippen LogP) is 1.92. The van der Waals surface area contributed by atoms with Crippen LogP contribution in [0.15, 0.2) is 24.3 Å². The molecule has 0 aliphatic heterocycles.